The number of hydrogen-bond donors (Lipinski definition) is 2. The molecule has 0 saturated heterocycles. The van der Waals surface area contributed by atoms with Gasteiger partial charge in [0.2, 0.25) is 5.91 Å². The molecule has 22 heavy (non-hydrogen) atoms. The Hall–Kier alpha value is -2.11. The van der Waals surface area contributed by atoms with Gasteiger partial charge in [-0.15, -0.1) is 0 Å². The average molecular weight is 308 g/mol. The van der Waals surface area contributed by atoms with E-state index in [-0.39, 0.29) is 11.5 Å². The Morgan fingerprint density at radius 1 is 1.32 bits per heavy atom. The minimum absolute atomic E-state index is 0.141. The molecule has 122 valence electrons. The minimum atomic E-state index is -1.06. The number of aryl methyl sites for hydroxylation is 1. The van der Waals surface area contributed by atoms with Crippen LogP contribution in [-0.4, -0.2) is 27.6 Å². The van der Waals surface area contributed by atoms with Crippen LogP contribution in [0.3, 0.4) is 0 Å². The molecule has 0 radical (unpaired) electrons. The molecule has 2 atom stereocenters. The summed E-state index contributed by atoms with van der Waals surface area (Å²) in [5, 5.41) is 11.8. The van der Waals surface area contributed by atoms with Crippen LogP contribution in [-0.2, 0) is 9.59 Å². The van der Waals surface area contributed by atoms with E-state index in [9.17, 15) is 19.5 Å². The van der Waals surface area contributed by atoms with Crippen molar-refractivity contribution in [2.24, 2.45) is 5.92 Å². The van der Waals surface area contributed by atoms with Crippen molar-refractivity contribution in [3.05, 3.63) is 34.2 Å². The lowest BCUT2D eigenvalue weighted by Gasteiger charge is -2.23. The number of carboxylic acid groups (broad SMARTS) is 1. The summed E-state index contributed by atoms with van der Waals surface area (Å²) in [5.74, 6) is -1.36. The number of carbonyl (C=O) groups is 2. The third kappa shape index (κ3) is 4.44. The van der Waals surface area contributed by atoms with Gasteiger partial charge < -0.3 is 15.0 Å². The number of nitrogens with zero attached hydrogens (tertiary/aromatic N) is 1. The predicted molar refractivity (Wildman–Crippen MR) is 83.8 cm³/mol. The van der Waals surface area contributed by atoms with Crippen molar-refractivity contribution in [2.45, 2.75) is 52.6 Å². The number of aromatic nitrogens is 1. The van der Waals surface area contributed by atoms with Crippen molar-refractivity contribution >= 4 is 11.9 Å². The van der Waals surface area contributed by atoms with E-state index >= 15 is 0 Å². The number of carboxylic acids is 1. The molecule has 0 aliphatic heterocycles. The Kier molecular flexibility index (Phi) is 6.34. The van der Waals surface area contributed by atoms with E-state index < -0.39 is 24.0 Å². The van der Waals surface area contributed by atoms with Crippen molar-refractivity contribution in [2.75, 3.05) is 0 Å². The number of rotatable bonds is 7. The second kappa shape index (κ2) is 7.77. The van der Waals surface area contributed by atoms with E-state index in [1.807, 2.05) is 13.8 Å². The highest BCUT2D eigenvalue weighted by Gasteiger charge is 2.27. The van der Waals surface area contributed by atoms with Gasteiger partial charge in [0.15, 0.2) is 0 Å². The molecule has 1 aromatic rings. The maximum absolute atomic E-state index is 12.4. The van der Waals surface area contributed by atoms with Gasteiger partial charge in [0.1, 0.15) is 12.1 Å². The van der Waals surface area contributed by atoms with Crippen molar-refractivity contribution in [3.63, 3.8) is 0 Å². The molecule has 0 saturated carbocycles. The second-order valence-electron chi connectivity index (χ2n) is 5.83. The highest BCUT2D eigenvalue weighted by Crippen LogP contribution is 2.13. The smallest absolute Gasteiger partial charge is 0.326 e. The van der Waals surface area contributed by atoms with Crippen molar-refractivity contribution < 1.29 is 14.7 Å². The molecule has 2 unspecified atom stereocenters. The van der Waals surface area contributed by atoms with Crippen LogP contribution >= 0.6 is 0 Å². The number of hydrogen-bond acceptors (Lipinski definition) is 3. The molecule has 1 rings (SSSR count). The molecule has 1 amide bonds. The van der Waals surface area contributed by atoms with Crippen LogP contribution in [0.25, 0.3) is 0 Å². The molecule has 1 aromatic heterocycles. The molecule has 0 fully saturated rings. The van der Waals surface area contributed by atoms with Gasteiger partial charge in [0, 0.05) is 11.8 Å². The quantitative estimate of drug-likeness (QED) is 0.803. The number of amides is 1. The molecule has 0 aliphatic rings. The maximum atomic E-state index is 12.4. The van der Waals surface area contributed by atoms with Crippen molar-refractivity contribution in [1.29, 1.82) is 0 Å². The fourth-order valence-electron chi connectivity index (χ4n) is 2.45. The first-order valence-electron chi connectivity index (χ1n) is 7.49. The Bertz CT molecular complexity index is 592. The summed E-state index contributed by atoms with van der Waals surface area (Å²) in [5.41, 5.74) is 0.406. The van der Waals surface area contributed by atoms with E-state index in [0.717, 1.165) is 0 Å². The van der Waals surface area contributed by atoms with Gasteiger partial charge in [-0.2, -0.15) is 0 Å². The van der Waals surface area contributed by atoms with E-state index in [1.54, 1.807) is 26.0 Å². The van der Waals surface area contributed by atoms with Crippen LogP contribution in [0.4, 0.5) is 0 Å². The monoisotopic (exact) mass is 308 g/mol. The van der Waals surface area contributed by atoms with E-state index in [2.05, 4.69) is 5.32 Å². The standard InChI is InChI=1S/C16H24N2O4/c1-5-13(18-11(4)7-6-8-14(18)19)15(20)17-12(16(21)22)9-10(2)3/h6-8,10,12-13H,5,9H2,1-4H3,(H,17,20)(H,21,22). The molecule has 0 spiro atoms. The lowest BCUT2D eigenvalue weighted by Crippen LogP contribution is -2.46. The lowest BCUT2D eigenvalue weighted by atomic mass is 10.0. The zero-order chi connectivity index (χ0) is 16.9. The van der Waals surface area contributed by atoms with Crippen LogP contribution < -0.4 is 10.9 Å². The zero-order valence-electron chi connectivity index (χ0n) is 13.5. The van der Waals surface area contributed by atoms with Gasteiger partial charge >= 0.3 is 5.97 Å². The molecule has 2 N–H and O–H groups in total. The number of pyridine rings is 1. The summed E-state index contributed by atoms with van der Waals surface area (Å²) >= 11 is 0. The van der Waals surface area contributed by atoms with Gasteiger partial charge in [-0.3, -0.25) is 9.59 Å². The topological polar surface area (TPSA) is 88.4 Å². The molecular weight excluding hydrogens is 284 g/mol. The van der Waals surface area contributed by atoms with E-state index in [4.69, 9.17) is 0 Å². The third-order valence-electron chi connectivity index (χ3n) is 3.52. The normalized spacial score (nSPS) is 13.7. The number of aliphatic carboxylic acids is 1. The van der Waals surface area contributed by atoms with Crippen molar-refractivity contribution in [1.82, 2.24) is 9.88 Å². The Labute approximate surface area is 130 Å². The van der Waals surface area contributed by atoms with Crippen LogP contribution in [0.15, 0.2) is 23.0 Å². The first kappa shape index (κ1) is 17.9. The van der Waals surface area contributed by atoms with Gasteiger partial charge in [-0.25, -0.2) is 4.79 Å². The first-order chi connectivity index (χ1) is 10.3. The number of nitrogens with one attached hydrogen (secondary N) is 1. The number of carbonyl (C=O) groups excluding carboxylic acids is 1. The van der Waals surface area contributed by atoms with Gasteiger partial charge in [-0.05, 0) is 31.7 Å². The Morgan fingerprint density at radius 3 is 2.41 bits per heavy atom. The Balaban J connectivity index is 3.02. The average Bonchev–Trinajstić information content (AvgIpc) is 2.41. The Morgan fingerprint density at radius 2 is 1.95 bits per heavy atom. The molecule has 1 heterocycles. The highest BCUT2D eigenvalue weighted by molar-refractivity contribution is 5.86. The SMILES string of the molecule is CCC(C(=O)NC(CC(C)C)C(=O)O)n1c(C)cccc1=O. The first-order valence-corrected chi connectivity index (χ1v) is 7.49. The highest BCUT2D eigenvalue weighted by atomic mass is 16.4. The van der Waals surface area contributed by atoms with Crippen LogP contribution in [0, 0.1) is 12.8 Å². The van der Waals surface area contributed by atoms with Crippen LogP contribution in [0.5, 0.6) is 0 Å². The summed E-state index contributed by atoms with van der Waals surface area (Å²) in [6, 6.07) is 3.13. The summed E-state index contributed by atoms with van der Waals surface area (Å²) in [6.45, 7) is 7.33. The van der Waals surface area contributed by atoms with Gasteiger partial charge in [0.25, 0.3) is 5.56 Å². The van der Waals surface area contributed by atoms with Gasteiger partial charge in [-0.1, -0.05) is 26.8 Å². The molecule has 0 aliphatic carbocycles. The van der Waals surface area contributed by atoms with E-state index in [0.29, 0.717) is 18.5 Å². The lowest BCUT2D eigenvalue weighted by molar-refractivity contribution is -0.142. The fourth-order valence-corrected chi connectivity index (χ4v) is 2.45. The molecule has 6 heteroatoms. The second-order valence-corrected chi connectivity index (χ2v) is 5.83. The third-order valence-corrected chi connectivity index (χ3v) is 3.52. The minimum Gasteiger partial charge on any atom is -0.480 e. The van der Waals surface area contributed by atoms with Crippen molar-refractivity contribution in [3.8, 4) is 0 Å². The zero-order valence-corrected chi connectivity index (χ0v) is 13.5. The summed E-state index contributed by atoms with van der Waals surface area (Å²) < 4.78 is 1.41. The molecule has 6 nitrogen and oxygen atoms in total. The molecule has 0 aromatic carbocycles. The fraction of sp³-hybridized carbons (Fsp3) is 0.562. The maximum Gasteiger partial charge on any atom is 0.326 e. The van der Waals surface area contributed by atoms with Crippen LogP contribution in [0.1, 0.15) is 45.3 Å². The van der Waals surface area contributed by atoms with Gasteiger partial charge in [0.05, 0.1) is 0 Å². The molecular formula is C16H24N2O4. The predicted octanol–water partition coefficient (Wildman–Crippen LogP) is 1.72. The largest absolute Gasteiger partial charge is 0.480 e. The summed E-state index contributed by atoms with van der Waals surface area (Å²) in [4.78, 5) is 35.7. The summed E-state index contributed by atoms with van der Waals surface area (Å²) in [6.07, 6.45) is 0.755. The summed E-state index contributed by atoms with van der Waals surface area (Å²) in [7, 11) is 0. The van der Waals surface area contributed by atoms with Crippen LogP contribution in [0.2, 0.25) is 0 Å². The molecule has 0 bridgehead atoms. The van der Waals surface area contributed by atoms with E-state index in [1.165, 1.54) is 10.6 Å².